The standard InChI is InChI=1S/C27H28FN3O5.2ClH/c1-35-23-9-8-21(32)24(25(23)28)26(33)18-6-4-17(5-7-18)16-36-22-3-2-12-30-15-20(22)31-27(34)19-10-13-29-14-11-19;;/h4-11,13-14,20,22,30,32H,2-3,12,15-16H2,1H3,(H,31,34);2*1H/t20?,22-;;/m1../s1. The molecule has 1 aromatic heterocycles. The lowest BCUT2D eigenvalue weighted by Gasteiger charge is -2.26. The van der Waals surface area contributed by atoms with Crippen molar-refractivity contribution < 1.29 is 28.6 Å². The van der Waals surface area contributed by atoms with Gasteiger partial charge in [0.25, 0.3) is 5.91 Å². The van der Waals surface area contributed by atoms with Crippen LogP contribution in [0.5, 0.6) is 11.5 Å². The van der Waals surface area contributed by atoms with Gasteiger partial charge in [0.05, 0.1) is 25.9 Å². The quantitative estimate of drug-likeness (QED) is 0.353. The molecular formula is C27H30Cl2FN3O5. The van der Waals surface area contributed by atoms with Crippen molar-refractivity contribution in [1.82, 2.24) is 15.6 Å². The van der Waals surface area contributed by atoms with Crippen molar-refractivity contribution in [1.29, 1.82) is 0 Å². The minimum atomic E-state index is -0.906. The van der Waals surface area contributed by atoms with E-state index in [1.165, 1.54) is 19.2 Å². The van der Waals surface area contributed by atoms with Gasteiger partial charge in [0.15, 0.2) is 17.3 Å². The van der Waals surface area contributed by atoms with Crippen LogP contribution in [0.1, 0.15) is 44.7 Å². The molecular weight excluding hydrogens is 536 g/mol. The number of benzene rings is 2. The number of phenolic OH excluding ortho intramolecular Hbond substituents is 1. The Morgan fingerprint density at radius 3 is 2.47 bits per heavy atom. The van der Waals surface area contributed by atoms with E-state index in [2.05, 4.69) is 15.6 Å². The Bertz CT molecular complexity index is 1220. The van der Waals surface area contributed by atoms with E-state index < -0.39 is 22.9 Å². The zero-order valence-corrected chi connectivity index (χ0v) is 22.3. The van der Waals surface area contributed by atoms with E-state index in [4.69, 9.17) is 9.47 Å². The number of ether oxygens (including phenoxy) is 2. The molecule has 0 radical (unpaired) electrons. The number of amides is 1. The lowest BCUT2D eigenvalue weighted by Crippen LogP contribution is -2.48. The smallest absolute Gasteiger partial charge is 0.251 e. The molecule has 3 N–H and O–H groups in total. The van der Waals surface area contributed by atoms with Crippen LogP contribution >= 0.6 is 24.8 Å². The average Bonchev–Trinajstić information content (AvgIpc) is 3.13. The molecule has 1 aliphatic rings. The van der Waals surface area contributed by atoms with Crippen LogP contribution in [0.2, 0.25) is 0 Å². The van der Waals surface area contributed by atoms with Crippen molar-refractivity contribution in [2.45, 2.75) is 31.6 Å². The molecule has 3 aromatic rings. The number of carbonyl (C=O) groups excluding carboxylic acids is 2. The van der Waals surface area contributed by atoms with Crippen LogP contribution in [-0.4, -0.2) is 54.1 Å². The third kappa shape index (κ3) is 7.41. The second kappa shape index (κ2) is 14.6. The Morgan fingerprint density at radius 1 is 1.08 bits per heavy atom. The maximum Gasteiger partial charge on any atom is 0.251 e. The summed E-state index contributed by atoms with van der Waals surface area (Å²) in [5, 5.41) is 16.4. The highest BCUT2D eigenvalue weighted by Crippen LogP contribution is 2.30. The normalized spacial score (nSPS) is 16.8. The van der Waals surface area contributed by atoms with E-state index in [0.29, 0.717) is 12.1 Å². The van der Waals surface area contributed by atoms with Crippen molar-refractivity contribution >= 4 is 36.5 Å². The number of rotatable bonds is 8. The Labute approximate surface area is 232 Å². The predicted octanol–water partition coefficient (Wildman–Crippen LogP) is 4.08. The fourth-order valence-corrected chi connectivity index (χ4v) is 4.14. The summed E-state index contributed by atoms with van der Waals surface area (Å²) in [6.45, 7) is 1.70. The summed E-state index contributed by atoms with van der Waals surface area (Å²) in [4.78, 5) is 29.4. The van der Waals surface area contributed by atoms with Gasteiger partial charge in [-0.2, -0.15) is 0 Å². The first-order valence-corrected chi connectivity index (χ1v) is 11.7. The third-order valence-corrected chi connectivity index (χ3v) is 6.13. The summed E-state index contributed by atoms with van der Waals surface area (Å²) >= 11 is 0. The fourth-order valence-electron chi connectivity index (χ4n) is 4.14. The van der Waals surface area contributed by atoms with Gasteiger partial charge in [0, 0.05) is 30.1 Å². The molecule has 1 saturated heterocycles. The molecule has 1 unspecified atom stereocenters. The van der Waals surface area contributed by atoms with Crippen LogP contribution in [0.15, 0.2) is 60.9 Å². The number of hydrogen-bond donors (Lipinski definition) is 3. The van der Waals surface area contributed by atoms with E-state index in [1.54, 1.807) is 48.8 Å². The number of pyridine rings is 1. The molecule has 4 rings (SSSR count). The molecule has 1 amide bonds. The summed E-state index contributed by atoms with van der Waals surface area (Å²) in [6.07, 6.45) is 4.64. The topological polar surface area (TPSA) is 110 Å². The molecule has 11 heteroatoms. The van der Waals surface area contributed by atoms with Gasteiger partial charge in [0.2, 0.25) is 0 Å². The van der Waals surface area contributed by atoms with Crippen LogP contribution in [0.3, 0.4) is 0 Å². The van der Waals surface area contributed by atoms with Gasteiger partial charge < -0.3 is 25.2 Å². The number of nitrogens with zero attached hydrogens (tertiary/aromatic N) is 1. The second-order valence-corrected chi connectivity index (χ2v) is 8.51. The van der Waals surface area contributed by atoms with Crippen LogP contribution < -0.4 is 15.4 Å². The fraction of sp³-hybridized carbons (Fsp3) is 0.296. The molecule has 2 atom stereocenters. The molecule has 0 bridgehead atoms. The third-order valence-electron chi connectivity index (χ3n) is 6.13. The first kappa shape index (κ1) is 31.0. The van der Waals surface area contributed by atoms with E-state index in [1.807, 2.05) is 0 Å². The molecule has 8 nitrogen and oxygen atoms in total. The van der Waals surface area contributed by atoms with Crippen molar-refractivity contribution in [2.75, 3.05) is 20.2 Å². The van der Waals surface area contributed by atoms with Gasteiger partial charge in [-0.25, -0.2) is 4.39 Å². The average molecular weight is 566 g/mol. The Morgan fingerprint density at radius 2 is 1.79 bits per heavy atom. The largest absolute Gasteiger partial charge is 0.507 e. The summed E-state index contributed by atoms with van der Waals surface area (Å²) in [5.41, 5.74) is 1.14. The molecule has 1 fully saturated rings. The number of carbonyl (C=O) groups is 2. The SMILES string of the molecule is COc1ccc(O)c(C(=O)c2ccc(CO[C@@H]3CCCNCC3NC(=O)c3ccncc3)cc2)c1F.Cl.Cl. The number of methoxy groups -OCH3 is 1. The highest BCUT2D eigenvalue weighted by Gasteiger charge is 2.27. The zero-order valence-electron chi connectivity index (χ0n) is 20.7. The number of ketones is 1. The van der Waals surface area contributed by atoms with E-state index in [9.17, 15) is 19.1 Å². The molecule has 2 heterocycles. The zero-order chi connectivity index (χ0) is 25.5. The van der Waals surface area contributed by atoms with Gasteiger partial charge in [-0.05, 0) is 49.2 Å². The first-order valence-electron chi connectivity index (χ1n) is 11.7. The van der Waals surface area contributed by atoms with Crippen molar-refractivity contribution in [3.05, 3.63) is 89.0 Å². The number of aromatic nitrogens is 1. The van der Waals surface area contributed by atoms with Crippen molar-refractivity contribution in [3.8, 4) is 11.5 Å². The summed E-state index contributed by atoms with van der Waals surface area (Å²) in [6, 6.07) is 12.2. The van der Waals surface area contributed by atoms with Gasteiger partial charge in [0.1, 0.15) is 11.3 Å². The predicted molar refractivity (Wildman–Crippen MR) is 145 cm³/mol. The van der Waals surface area contributed by atoms with Crippen molar-refractivity contribution in [2.24, 2.45) is 0 Å². The lowest BCUT2D eigenvalue weighted by atomic mass is 10.0. The molecule has 204 valence electrons. The number of phenols is 1. The second-order valence-electron chi connectivity index (χ2n) is 8.51. The van der Waals surface area contributed by atoms with E-state index in [0.717, 1.165) is 24.9 Å². The van der Waals surface area contributed by atoms with Crippen LogP contribution in [0.4, 0.5) is 4.39 Å². The summed E-state index contributed by atoms with van der Waals surface area (Å²) < 4.78 is 25.7. The minimum absolute atomic E-state index is 0. The summed E-state index contributed by atoms with van der Waals surface area (Å²) in [7, 11) is 1.29. The molecule has 0 aliphatic carbocycles. The van der Waals surface area contributed by atoms with E-state index >= 15 is 0 Å². The minimum Gasteiger partial charge on any atom is -0.507 e. The van der Waals surface area contributed by atoms with Gasteiger partial charge in [-0.15, -0.1) is 24.8 Å². The van der Waals surface area contributed by atoms with Crippen LogP contribution in [-0.2, 0) is 11.3 Å². The monoisotopic (exact) mass is 565 g/mol. The van der Waals surface area contributed by atoms with Crippen LogP contribution in [0.25, 0.3) is 0 Å². The highest BCUT2D eigenvalue weighted by molar-refractivity contribution is 6.11. The molecule has 0 saturated carbocycles. The highest BCUT2D eigenvalue weighted by atomic mass is 35.5. The molecule has 38 heavy (non-hydrogen) atoms. The van der Waals surface area contributed by atoms with Gasteiger partial charge in [-0.1, -0.05) is 24.3 Å². The molecule has 2 aromatic carbocycles. The number of nitrogens with one attached hydrogen (secondary N) is 2. The number of hydrogen-bond acceptors (Lipinski definition) is 7. The lowest BCUT2D eigenvalue weighted by molar-refractivity contribution is 0.0135. The van der Waals surface area contributed by atoms with Crippen LogP contribution in [0, 0.1) is 5.82 Å². The summed E-state index contributed by atoms with van der Waals surface area (Å²) in [5.74, 6) is -2.31. The van der Waals surface area contributed by atoms with E-state index in [-0.39, 0.29) is 60.8 Å². The van der Waals surface area contributed by atoms with Crippen molar-refractivity contribution in [3.63, 3.8) is 0 Å². The Balaban J connectivity index is 0.00000253. The Kier molecular flexibility index (Phi) is 11.9. The van der Waals surface area contributed by atoms with Gasteiger partial charge in [-0.3, -0.25) is 14.6 Å². The maximum atomic E-state index is 14.6. The van der Waals surface area contributed by atoms with Gasteiger partial charge >= 0.3 is 0 Å². The first-order chi connectivity index (χ1) is 17.5. The number of aromatic hydroxyl groups is 1. The molecule has 1 aliphatic heterocycles. The Hall–Kier alpha value is -3.24. The molecule has 0 spiro atoms. The maximum absolute atomic E-state index is 14.6. The number of halogens is 3.